The van der Waals surface area contributed by atoms with Gasteiger partial charge in [0.2, 0.25) is 11.8 Å². The number of benzene rings is 1. The molecule has 0 heterocycles. The van der Waals surface area contributed by atoms with Crippen molar-refractivity contribution in [2.24, 2.45) is 11.8 Å². The summed E-state index contributed by atoms with van der Waals surface area (Å²) >= 11 is 0. The molecule has 2 rings (SSSR count). The molecule has 1 aliphatic carbocycles. The quantitative estimate of drug-likeness (QED) is 0.477. The summed E-state index contributed by atoms with van der Waals surface area (Å²) < 4.78 is 11.1. The summed E-state index contributed by atoms with van der Waals surface area (Å²) in [6, 6.07) is 5.56. The van der Waals surface area contributed by atoms with Crippen LogP contribution >= 0.6 is 0 Å². The maximum Gasteiger partial charge on any atom is 0.244 e. The lowest BCUT2D eigenvalue weighted by Crippen LogP contribution is -2.36. The topological polar surface area (TPSA) is 76.7 Å². The summed E-state index contributed by atoms with van der Waals surface area (Å²) in [4.78, 5) is 23.9. The molecule has 0 aromatic heterocycles. The van der Waals surface area contributed by atoms with E-state index < -0.39 is 0 Å². The van der Waals surface area contributed by atoms with E-state index in [1.54, 1.807) is 13.2 Å². The van der Waals surface area contributed by atoms with Crippen LogP contribution in [-0.2, 0) is 9.59 Å². The molecule has 28 heavy (non-hydrogen) atoms. The van der Waals surface area contributed by atoms with Gasteiger partial charge in [-0.3, -0.25) is 9.59 Å². The Bertz CT molecular complexity index is 679. The smallest absolute Gasteiger partial charge is 0.244 e. The van der Waals surface area contributed by atoms with E-state index in [2.05, 4.69) is 24.5 Å². The number of nitrogens with one attached hydrogen (secondary N) is 2. The number of hydrogen-bond acceptors (Lipinski definition) is 4. The van der Waals surface area contributed by atoms with Crippen molar-refractivity contribution in [2.45, 2.75) is 39.5 Å². The summed E-state index contributed by atoms with van der Waals surface area (Å²) in [7, 11) is 1.59. The van der Waals surface area contributed by atoms with Crippen molar-refractivity contribution < 1.29 is 19.1 Å². The molecule has 0 radical (unpaired) electrons. The third-order valence-electron chi connectivity index (χ3n) is 4.64. The highest BCUT2D eigenvalue weighted by Gasteiger charge is 2.21. The van der Waals surface area contributed by atoms with Crippen molar-refractivity contribution in [3.63, 3.8) is 0 Å². The number of hydrogen-bond donors (Lipinski definition) is 2. The average Bonchev–Trinajstić information content (AvgIpc) is 3.23. The fraction of sp³-hybridized carbons (Fsp3) is 0.545. The minimum Gasteiger partial charge on any atom is -0.493 e. The van der Waals surface area contributed by atoms with Crippen molar-refractivity contribution in [3.8, 4) is 11.5 Å². The van der Waals surface area contributed by atoms with Crippen LogP contribution in [0.3, 0.4) is 0 Å². The first-order chi connectivity index (χ1) is 13.5. The zero-order valence-electron chi connectivity index (χ0n) is 17.1. The van der Waals surface area contributed by atoms with Gasteiger partial charge in [-0.2, -0.15) is 0 Å². The normalized spacial score (nSPS) is 14.4. The number of carbonyl (C=O) groups excluding carboxylic acids is 2. The van der Waals surface area contributed by atoms with Gasteiger partial charge in [-0.25, -0.2) is 0 Å². The summed E-state index contributed by atoms with van der Waals surface area (Å²) in [5.74, 6) is 1.81. The maximum atomic E-state index is 11.9. The molecule has 1 fully saturated rings. The van der Waals surface area contributed by atoms with Gasteiger partial charge in [0, 0.05) is 25.1 Å². The first-order valence-electron chi connectivity index (χ1n) is 10.0. The molecule has 1 aromatic rings. The third kappa shape index (κ3) is 7.25. The zero-order chi connectivity index (χ0) is 20.4. The van der Waals surface area contributed by atoms with Crippen molar-refractivity contribution >= 4 is 17.9 Å². The molecule has 2 N–H and O–H groups in total. The second-order valence-electron chi connectivity index (χ2n) is 7.51. The van der Waals surface area contributed by atoms with Gasteiger partial charge in [-0.15, -0.1) is 0 Å². The molecular weight excluding hydrogens is 356 g/mol. The second-order valence-corrected chi connectivity index (χ2v) is 7.51. The Hall–Kier alpha value is -2.50. The zero-order valence-corrected chi connectivity index (χ0v) is 17.1. The number of carbonyl (C=O) groups is 2. The molecule has 0 spiro atoms. The van der Waals surface area contributed by atoms with E-state index in [9.17, 15) is 9.59 Å². The Kier molecular flexibility index (Phi) is 8.85. The Labute approximate surface area is 167 Å². The standard InChI is InChI=1S/C22H32N2O4/c1-16(2)15-28-19-10-8-17(14-20(19)27-3)9-11-21(25)23-12-13-24-22(26)18-6-4-5-7-18/h8-11,14,16,18H,4-7,12-13,15H2,1-3H3,(H,23,25)(H,24,26)/b11-9+. The van der Waals surface area contributed by atoms with Crippen LogP contribution in [0.4, 0.5) is 0 Å². The SMILES string of the molecule is COc1cc(/C=C/C(=O)NCCNC(=O)C2CCCC2)ccc1OCC(C)C. The van der Waals surface area contributed by atoms with Gasteiger partial charge in [0.05, 0.1) is 13.7 Å². The highest BCUT2D eigenvalue weighted by atomic mass is 16.5. The van der Waals surface area contributed by atoms with E-state index in [0.29, 0.717) is 37.1 Å². The summed E-state index contributed by atoms with van der Waals surface area (Å²) in [5.41, 5.74) is 0.846. The molecular formula is C22H32N2O4. The second kappa shape index (κ2) is 11.4. The van der Waals surface area contributed by atoms with Gasteiger partial charge < -0.3 is 20.1 Å². The first kappa shape index (κ1) is 21.8. The molecule has 0 aliphatic heterocycles. The summed E-state index contributed by atoms with van der Waals surface area (Å²) in [6.07, 6.45) is 7.42. The molecule has 0 atom stereocenters. The van der Waals surface area contributed by atoms with Crippen LogP contribution in [-0.4, -0.2) is 38.6 Å². The maximum absolute atomic E-state index is 11.9. The van der Waals surface area contributed by atoms with Crippen LogP contribution in [0.1, 0.15) is 45.1 Å². The molecule has 6 nitrogen and oxygen atoms in total. The van der Waals surface area contributed by atoms with Crippen LogP contribution in [0.25, 0.3) is 6.08 Å². The van der Waals surface area contributed by atoms with Gasteiger partial charge in [-0.05, 0) is 42.5 Å². The fourth-order valence-corrected chi connectivity index (χ4v) is 3.10. The van der Waals surface area contributed by atoms with Crippen LogP contribution in [0.5, 0.6) is 11.5 Å². The number of amides is 2. The molecule has 6 heteroatoms. The number of methoxy groups -OCH3 is 1. The van der Waals surface area contributed by atoms with Crippen molar-refractivity contribution in [3.05, 3.63) is 29.8 Å². The number of ether oxygens (including phenoxy) is 2. The fourth-order valence-electron chi connectivity index (χ4n) is 3.10. The molecule has 2 amide bonds. The Morgan fingerprint density at radius 1 is 1.14 bits per heavy atom. The monoisotopic (exact) mass is 388 g/mol. The minimum atomic E-state index is -0.200. The average molecular weight is 389 g/mol. The molecule has 1 saturated carbocycles. The Morgan fingerprint density at radius 2 is 1.86 bits per heavy atom. The lowest BCUT2D eigenvalue weighted by molar-refractivity contribution is -0.125. The van der Waals surface area contributed by atoms with E-state index in [4.69, 9.17) is 9.47 Å². The minimum absolute atomic E-state index is 0.106. The molecule has 0 saturated heterocycles. The van der Waals surface area contributed by atoms with Gasteiger partial charge in [-0.1, -0.05) is 32.8 Å². The molecule has 0 bridgehead atoms. The van der Waals surface area contributed by atoms with E-state index in [1.165, 1.54) is 6.08 Å². The van der Waals surface area contributed by atoms with Crippen LogP contribution in [0, 0.1) is 11.8 Å². The van der Waals surface area contributed by atoms with Gasteiger partial charge in [0.1, 0.15) is 0 Å². The molecule has 1 aromatic carbocycles. The van der Waals surface area contributed by atoms with Crippen molar-refractivity contribution in [2.75, 3.05) is 26.8 Å². The van der Waals surface area contributed by atoms with Crippen LogP contribution in [0.15, 0.2) is 24.3 Å². The molecule has 0 unspecified atom stereocenters. The molecule has 1 aliphatic rings. The highest BCUT2D eigenvalue weighted by molar-refractivity contribution is 5.91. The van der Waals surface area contributed by atoms with Crippen molar-refractivity contribution in [1.82, 2.24) is 10.6 Å². The Balaban J connectivity index is 1.75. The Morgan fingerprint density at radius 3 is 2.54 bits per heavy atom. The lowest BCUT2D eigenvalue weighted by atomic mass is 10.1. The largest absolute Gasteiger partial charge is 0.493 e. The predicted octanol–water partition coefficient (Wildman–Crippen LogP) is 3.17. The van der Waals surface area contributed by atoms with Gasteiger partial charge >= 0.3 is 0 Å². The van der Waals surface area contributed by atoms with Crippen LogP contribution < -0.4 is 20.1 Å². The van der Waals surface area contributed by atoms with E-state index >= 15 is 0 Å². The van der Waals surface area contributed by atoms with E-state index in [0.717, 1.165) is 31.2 Å². The number of rotatable bonds is 10. The highest BCUT2D eigenvalue weighted by Crippen LogP contribution is 2.29. The first-order valence-corrected chi connectivity index (χ1v) is 10.0. The molecule has 154 valence electrons. The van der Waals surface area contributed by atoms with Crippen molar-refractivity contribution in [1.29, 1.82) is 0 Å². The summed E-state index contributed by atoms with van der Waals surface area (Å²) in [6.45, 7) is 5.65. The van der Waals surface area contributed by atoms with Gasteiger partial charge in [0.15, 0.2) is 11.5 Å². The summed E-state index contributed by atoms with van der Waals surface area (Å²) in [5, 5.41) is 5.66. The third-order valence-corrected chi connectivity index (χ3v) is 4.64. The van der Waals surface area contributed by atoms with E-state index in [-0.39, 0.29) is 17.7 Å². The van der Waals surface area contributed by atoms with E-state index in [1.807, 2.05) is 18.2 Å². The lowest BCUT2D eigenvalue weighted by Gasteiger charge is -2.12. The van der Waals surface area contributed by atoms with Gasteiger partial charge in [0.25, 0.3) is 0 Å². The van der Waals surface area contributed by atoms with Crippen LogP contribution in [0.2, 0.25) is 0 Å². The predicted molar refractivity (Wildman–Crippen MR) is 110 cm³/mol.